The fourth-order valence-electron chi connectivity index (χ4n) is 3.53. The highest BCUT2D eigenvalue weighted by Gasteiger charge is 2.49. The Balaban J connectivity index is 1.43. The van der Waals surface area contributed by atoms with Crippen LogP contribution in [0.3, 0.4) is 0 Å². The van der Waals surface area contributed by atoms with Gasteiger partial charge in [-0.2, -0.15) is 0 Å². The van der Waals surface area contributed by atoms with Crippen LogP contribution in [-0.2, 0) is 15.1 Å². The number of nitrogens with one attached hydrogen (secondary N) is 2. The second-order valence-electron chi connectivity index (χ2n) is 7.80. The molecule has 0 unspecified atom stereocenters. The lowest BCUT2D eigenvalue weighted by molar-refractivity contribution is -0.133. The van der Waals surface area contributed by atoms with Crippen LogP contribution in [0, 0.1) is 6.92 Å². The number of urea groups is 1. The molecule has 0 saturated carbocycles. The van der Waals surface area contributed by atoms with Crippen LogP contribution in [0.1, 0.15) is 18.1 Å². The third-order valence-electron chi connectivity index (χ3n) is 5.30. The number of imide groups is 1. The van der Waals surface area contributed by atoms with Crippen molar-refractivity contribution < 1.29 is 19.1 Å². The van der Waals surface area contributed by atoms with Gasteiger partial charge in [-0.3, -0.25) is 14.5 Å². The molecule has 0 bridgehead atoms. The van der Waals surface area contributed by atoms with Crippen molar-refractivity contribution in [2.75, 3.05) is 11.9 Å². The van der Waals surface area contributed by atoms with E-state index >= 15 is 0 Å². The second-order valence-corrected chi connectivity index (χ2v) is 7.80. The van der Waals surface area contributed by atoms with Gasteiger partial charge < -0.3 is 15.4 Å². The number of rotatable bonds is 6. The van der Waals surface area contributed by atoms with E-state index in [0.717, 1.165) is 10.5 Å². The highest BCUT2D eigenvalue weighted by molar-refractivity contribution is 6.10. The minimum atomic E-state index is -1.21. The molecule has 0 radical (unpaired) electrons. The third-order valence-corrected chi connectivity index (χ3v) is 5.30. The molecule has 1 aliphatic rings. The Kier molecular flexibility index (Phi) is 5.64. The average molecular weight is 429 g/mol. The lowest BCUT2D eigenvalue weighted by Crippen LogP contribution is -2.42. The molecule has 7 heteroatoms. The summed E-state index contributed by atoms with van der Waals surface area (Å²) in [7, 11) is 0. The monoisotopic (exact) mass is 429 g/mol. The van der Waals surface area contributed by atoms with Gasteiger partial charge >= 0.3 is 6.03 Å². The molecule has 1 atom stereocenters. The molecule has 1 fully saturated rings. The summed E-state index contributed by atoms with van der Waals surface area (Å²) in [5.74, 6) is 0.267. The van der Waals surface area contributed by atoms with Gasteiger partial charge in [-0.1, -0.05) is 54.1 Å². The molecule has 3 aromatic carbocycles. The zero-order chi connectivity index (χ0) is 22.7. The molecular formula is C25H23N3O4. The number of hydrogen-bond acceptors (Lipinski definition) is 4. The summed E-state index contributed by atoms with van der Waals surface area (Å²) in [6.45, 7) is 3.19. The summed E-state index contributed by atoms with van der Waals surface area (Å²) in [5, 5.41) is 5.43. The summed E-state index contributed by atoms with van der Waals surface area (Å²) in [6.07, 6.45) is 0. The Morgan fingerprint density at radius 2 is 1.66 bits per heavy atom. The molecular weight excluding hydrogens is 406 g/mol. The molecule has 32 heavy (non-hydrogen) atoms. The van der Waals surface area contributed by atoms with E-state index < -0.39 is 29.9 Å². The maximum atomic E-state index is 13.0. The van der Waals surface area contributed by atoms with Gasteiger partial charge in [0.05, 0.1) is 0 Å². The number of nitrogens with zero attached hydrogens (tertiary/aromatic N) is 1. The number of para-hydroxylation sites is 1. The number of benzene rings is 3. The van der Waals surface area contributed by atoms with E-state index in [0.29, 0.717) is 22.7 Å². The molecule has 1 heterocycles. The van der Waals surface area contributed by atoms with Crippen molar-refractivity contribution in [2.45, 2.75) is 19.4 Å². The minimum absolute atomic E-state index is 0.393. The first-order chi connectivity index (χ1) is 15.3. The first kappa shape index (κ1) is 21.1. The lowest BCUT2D eigenvalue weighted by atomic mass is 9.91. The summed E-state index contributed by atoms with van der Waals surface area (Å²) in [5.41, 5.74) is 0.991. The number of carbonyl (C=O) groups excluding carboxylic acids is 3. The summed E-state index contributed by atoms with van der Waals surface area (Å²) >= 11 is 0. The van der Waals surface area contributed by atoms with E-state index in [1.165, 1.54) is 0 Å². The van der Waals surface area contributed by atoms with Gasteiger partial charge in [0.15, 0.2) is 0 Å². The molecule has 0 aromatic heterocycles. The average Bonchev–Trinajstić information content (AvgIpc) is 2.99. The second kappa shape index (κ2) is 8.55. The predicted octanol–water partition coefficient (Wildman–Crippen LogP) is 4.19. The van der Waals surface area contributed by atoms with Crippen LogP contribution >= 0.6 is 0 Å². The fraction of sp³-hybridized carbons (Fsp3) is 0.160. The molecule has 7 nitrogen and oxygen atoms in total. The Hall–Kier alpha value is -4.13. The Morgan fingerprint density at radius 3 is 2.38 bits per heavy atom. The van der Waals surface area contributed by atoms with Crippen LogP contribution < -0.4 is 15.4 Å². The van der Waals surface area contributed by atoms with E-state index in [4.69, 9.17) is 4.74 Å². The van der Waals surface area contributed by atoms with Gasteiger partial charge in [-0.05, 0) is 43.7 Å². The van der Waals surface area contributed by atoms with Crippen LogP contribution in [-0.4, -0.2) is 29.3 Å². The summed E-state index contributed by atoms with van der Waals surface area (Å²) in [6, 6.07) is 22.9. The third kappa shape index (κ3) is 4.32. The van der Waals surface area contributed by atoms with Crippen LogP contribution in [0.5, 0.6) is 11.5 Å². The standard InChI is InChI=1S/C25H23N3O4/c1-17-11-13-18(14-12-17)25(2)23(30)28(24(31)27-25)16-22(29)26-19-7-6-10-21(15-19)32-20-8-4-3-5-9-20/h3-15H,16H2,1-2H3,(H,26,29)(H,27,31)/t25-/m0/s1. The zero-order valence-corrected chi connectivity index (χ0v) is 17.8. The van der Waals surface area contributed by atoms with E-state index in [1.54, 1.807) is 43.3 Å². The molecule has 1 aliphatic heterocycles. The van der Waals surface area contributed by atoms with Gasteiger partial charge in [0, 0.05) is 11.8 Å². The molecule has 4 rings (SSSR count). The van der Waals surface area contributed by atoms with E-state index in [2.05, 4.69) is 10.6 Å². The van der Waals surface area contributed by atoms with Gasteiger partial charge in [0.25, 0.3) is 5.91 Å². The van der Waals surface area contributed by atoms with Crippen molar-refractivity contribution >= 4 is 23.5 Å². The Labute approximate surface area is 186 Å². The molecule has 3 aromatic rings. The van der Waals surface area contributed by atoms with Gasteiger partial charge in [-0.25, -0.2) is 4.79 Å². The van der Waals surface area contributed by atoms with Crippen LogP contribution in [0.25, 0.3) is 0 Å². The van der Waals surface area contributed by atoms with Crippen molar-refractivity contribution in [3.05, 3.63) is 90.0 Å². The van der Waals surface area contributed by atoms with Crippen LogP contribution in [0.4, 0.5) is 10.5 Å². The maximum absolute atomic E-state index is 13.0. The summed E-state index contributed by atoms with van der Waals surface area (Å²) in [4.78, 5) is 39.0. The number of amides is 4. The SMILES string of the molecule is Cc1ccc([C@]2(C)NC(=O)N(CC(=O)Nc3cccc(Oc4ccccc4)c3)C2=O)cc1. The molecule has 162 valence electrons. The van der Waals surface area contributed by atoms with Gasteiger partial charge in [-0.15, -0.1) is 0 Å². The quantitative estimate of drug-likeness (QED) is 0.575. The first-order valence-corrected chi connectivity index (χ1v) is 10.2. The normalized spacial score (nSPS) is 17.8. The van der Waals surface area contributed by atoms with Crippen LogP contribution in [0.15, 0.2) is 78.9 Å². The van der Waals surface area contributed by atoms with Crippen molar-refractivity contribution in [1.29, 1.82) is 0 Å². The van der Waals surface area contributed by atoms with Crippen LogP contribution in [0.2, 0.25) is 0 Å². The van der Waals surface area contributed by atoms with Gasteiger partial charge in [0.2, 0.25) is 5.91 Å². The molecule has 0 spiro atoms. The van der Waals surface area contributed by atoms with E-state index in [9.17, 15) is 14.4 Å². The van der Waals surface area contributed by atoms with Crippen molar-refractivity contribution in [3.8, 4) is 11.5 Å². The largest absolute Gasteiger partial charge is 0.457 e. The first-order valence-electron chi connectivity index (χ1n) is 10.2. The highest BCUT2D eigenvalue weighted by Crippen LogP contribution is 2.29. The predicted molar refractivity (Wildman–Crippen MR) is 120 cm³/mol. The molecule has 0 aliphatic carbocycles. The number of carbonyl (C=O) groups is 3. The van der Waals surface area contributed by atoms with E-state index in [-0.39, 0.29) is 0 Å². The zero-order valence-electron chi connectivity index (χ0n) is 17.8. The lowest BCUT2D eigenvalue weighted by Gasteiger charge is -2.22. The van der Waals surface area contributed by atoms with Crippen molar-refractivity contribution in [3.63, 3.8) is 0 Å². The smallest absolute Gasteiger partial charge is 0.325 e. The van der Waals surface area contributed by atoms with Crippen molar-refractivity contribution in [1.82, 2.24) is 10.2 Å². The topological polar surface area (TPSA) is 87.7 Å². The number of anilines is 1. The Bertz CT molecular complexity index is 1160. The molecule has 1 saturated heterocycles. The minimum Gasteiger partial charge on any atom is -0.457 e. The van der Waals surface area contributed by atoms with Gasteiger partial charge in [0.1, 0.15) is 23.6 Å². The van der Waals surface area contributed by atoms with E-state index in [1.807, 2.05) is 49.4 Å². The maximum Gasteiger partial charge on any atom is 0.325 e. The fourth-order valence-corrected chi connectivity index (χ4v) is 3.53. The number of hydrogen-bond donors (Lipinski definition) is 2. The highest BCUT2D eigenvalue weighted by atomic mass is 16.5. The number of ether oxygens (including phenoxy) is 1. The summed E-state index contributed by atoms with van der Waals surface area (Å²) < 4.78 is 5.77. The Morgan fingerprint density at radius 1 is 0.969 bits per heavy atom. The molecule has 4 amide bonds. The molecule has 2 N–H and O–H groups in total. The number of aryl methyl sites for hydroxylation is 1. The van der Waals surface area contributed by atoms with Crippen molar-refractivity contribution in [2.24, 2.45) is 0 Å².